The van der Waals surface area contributed by atoms with Gasteiger partial charge in [0, 0.05) is 37.3 Å². The molecule has 0 unspecified atom stereocenters. The van der Waals surface area contributed by atoms with Crippen LogP contribution >= 0.6 is 11.6 Å². The number of aryl methyl sites for hydroxylation is 1. The zero-order valence-electron chi connectivity index (χ0n) is 18.3. The quantitative estimate of drug-likeness (QED) is 0.538. The maximum Gasteiger partial charge on any atom is 0.332 e. The number of anilines is 1. The molecule has 1 aliphatic rings. The topological polar surface area (TPSA) is 74.3 Å². The van der Waals surface area contributed by atoms with Gasteiger partial charge in [0.2, 0.25) is 5.95 Å². The van der Waals surface area contributed by atoms with Gasteiger partial charge in [-0.2, -0.15) is 4.98 Å². The van der Waals surface area contributed by atoms with Gasteiger partial charge >= 0.3 is 5.69 Å². The molecule has 4 rings (SSSR count). The Kier molecular flexibility index (Phi) is 6.66. The van der Waals surface area contributed by atoms with Crippen molar-refractivity contribution in [3.05, 3.63) is 55.4 Å². The van der Waals surface area contributed by atoms with Gasteiger partial charge < -0.3 is 9.64 Å². The van der Waals surface area contributed by atoms with Crippen molar-refractivity contribution in [2.24, 2.45) is 0 Å². The minimum atomic E-state index is -0.463. The standard InChI is InChI=1S/C22H27ClFN5O3/c1-3-27-19-18(20(30)28(22(27)31)12-13-32-2)29(14-15-16(23)8-7-9-17(15)24)21(25-19)26-10-5-4-6-11-26/h7-9H,3-6,10-14H2,1-2H3. The molecule has 0 atom stereocenters. The number of ether oxygens (including phenoxy) is 1. The van der Waals surface area contributed by atoms with Crippen LogP contribution in [0.15, 0.2) is 27.8 Å². The highest BCUT2D eigenvalue weighted by molar-refractivity contribution is 6.31. The summed E-state index contributed by atoms with van der Waals surface area (Å²) < 4.78 is 24.1. The first kappa shape index (κ1) is 22.5. The predicted molar refractivity (Wildman–Crippen MR) is 122 cm³/mol. The van der Waals surface area contributed by atoms with E-state index in [0.29, 0.717) is 18.1 Å². The first-order valence-electron chi connectivity index (χ1n) is 10.9. The fraction of sp³-hybridized carbons (Fsp3) is 0.500. The van der Waals surface area contributed by atoms with Gasteiger partial charge in [0.15, 0.2) is 11.2 Å². The second-order valence-electron chi connectivity index (χ2n) is 7.89. The number of aromatic nitrogens is 4. The molecule has 32 heavy (non-hydrogen) atoms. The molecule has 3 heterocycles. The highest BCUT2D eigenvalue weighted by atomic mass is 35.5. The zero-order valence-corrected chi connectivity index (χ0v) is 19.1. The number of halogens is 2. The number of hydrogen-bond donors (Lipinski definition) is 0. The minimum Gasteiger partial charge on any atom is -0.383 e. The maximum atomic E-state index is 14.7. The second kappa shape index (κ2) is 9.46. The van der Waals surface area contributed by atoms with Gasteiger partial charge in [-0.25, -0.2) is 9.18 Å². The molecule has 1 aliphatic heterocycles. The Morgan fingerprint density at radius 3 is 2.53 bits per heavy atom. The lowest BCUT2D eigenvalue weighted by Gasteiger charge is -2.28. The second-order valence-corrected chi connectivity index (χ2v) is 8.30. The van der Waals surface area contributed by atoms with E-state index in [1.165, 1.54) is 17.7 Å². The molecule has 1 fully saturated rings. The zero-order chi connectivity index (χ0) is 22.8. The molecule has 0 bridgehead atoms. The number of imidazole rings is 1. The van der Waals surface area contributed by atoms with Crippen molar-refractivity contribution >= 4 is 28.7 Å². The molecule has 10 heteroatoms. The molecular formula is C22H27ClFN5O3. The van der Waals surface area contributed by atoms with Crippen LogP contribution in [-0.4, -0.2) is 45.5 Å². The highest BCUT2D eigenvalue weighted by Gasteiger charge is 2.26. The number of rotatable bonds is 7. The number of methoxy groups -OCH3 is 1. The van der Waals surface area contributed by atoms with Crippen LogP contribution in [0, 0.1) is 5.82 Å². The van der Waals surface area contributed by atoms with E-state index in [0.717, 1.165) is 36.9 Å². The van der Waals surface area contributed by atoms with E-state index in [1.807, 2.05) is 6.92 Å². The van der Waals surface area contributed by atoms with Gasteiger partial charge in [-0.3, -0.25) is 18.5 Å². The molecule has 0 radical (unpaired) electrons. The molecule has 1 saturated heterocycles. The summed E-state index contributed by atoms with van der Waals surface area (Å²) in [6.07, 6.45) is 3.13. The van der Waals surface area contributed by atoms with E-state index in [1.54, 1.807) is 16.7 Å². The van der Waals surface area contributed by atoms with Crippen molar-refractivity contribution in [3.63, 3.8) is 0 Å². The molecular weight excluding hydrogens is 437 g/mol. The molecule has 0 saturated carbocycles. The van der Waals surface area contributed by atoms with Gasteiger partial charge in [0.25, 0.3) is 5.56 Å². The molecule has 2 aromatic heterocycles. The number of hydrogen-bond acceptors (Lipinski definition) is 5. The van der Waals surface area contributed by atoms with Gasteiger partial charge in [-0.05, 0) is 38.3 Å². The molecule has 0 aliphatic carbocycles. The van der Waals surface area contributed by atoms with Crippen LogP contribution in [0.4, 0.5) is 10.3 Å². The van der Waals surface area contributed by atoms with E-state index in [-0.39, 0.29) is 35.8 Å². The van der Waals surface area contributed by atoms with Gasteiger partial charge in [-0.15, -0.1) is 0 Å². The Bertz CT molecular complexity index is 1220. The van der Waals surface area contributed by atoms with Gasteiger partial charge in [0.05, 0.1) is 19.7 Å². The molecule has 0 spiro atoms. The fourth-order valence-corrected chi connectivity index (χ4v) is 4.49. The smallest absolute Gasteiger partial charge is 0.332 e. The lowest BCUT2D eigenvalue weighted by molar-refractivity contribution is 0.184. The molecule has 0 amide bonds. The summed E-state index contributed by atoms with van der Waals surface area (Å²) in [6, 6.07) is 4.52. The van der Waals surface area contributed by atoms with Crippen molar-refractivity contribution in [2.45, 2.75) is 45.8 Å². The highest BCUT2D eigenvalue weighted by Crippen LogP contribution is 2.27. The Morgan fingerprint density at radius 1 is 1.12 bits per heavy atom. The molecule has 3 aromatic rings. The van der Waals surface area contributed by atoms with E-state index < -0.39 is 17.1 Å². The van der Waals surface area contributed by atoms with Crippen LogP contribution in [0.25, 0.3) is 11.2 Å². The fourth-order valence-electron chi connectivity index (χ4n) is 4.27. The summed E-state index contributed by atoms with van der Waals surface area (Å²) in [5.74, 6) is 0.106. The van der Waals surface area contributed by atoms with Crippen LogP contribution in [-0.2, 0) is 24.4 Å². The summed E-state index contributed by atoms with van der Waals surface area (Å²) in [7, 11) is 1.51. The summed E-state index contributed by atoms with van der Waals surface area (Å²) in [5, 5.41) is 0.278. The summed E-state index contributed by atoms with van der Waals surface area (Å²) in [5.41, 5.74) is -0.0359. The minimum absolute atomic E-state index is 0.0370. The third kappa shape index (κ3) is 3.95. The lowest BCUT2D eigenvalue weighted by Crippen LogP contribution is -2.41. The molecule has 8 nitrogen and oxygen atoms in total. The third-order valence-corrected chi connectivity index (χ3v) is 6.30. The number of fused-ring (bicyclic) bond motifs is 1. The van der Waals surface area contributed by atoms with Crippen LogP contribution in [0.2, 0.25) is 5.02 Å². The van der Waals surface area contributed by atoms with Crippen molar-refractivity contribution in [1.29, 1.82) is 0 Å². The van der Waals surface area contributed by atoms with Crippen LogP contribution in [0.3, 0.4) is 0 Å². The molecule has 1 aromatic carbocycles. The Hall–Kier alpha value is -2.65. The van der Waals surface area contributed by atoms with Crippen molar-refractivity contribution in [1.82, 2.24) is 18.7 Å². The first-order valence-corrected chi connectivity index (χ1v) is 11.3. The average molecular weight is 464 g/mol. The van der Waals surface area contributed by atoms with Gasteiger partial charge in [-0.1, -0.05) is 17.7 Å². The number of piperidine rings is 1. The molecule has 0 N–H and O–H groups in total. The number of benzene rings is 1. The van der Waals surface area contributed by atoms with Crippen molar-refractivity contribution in [3.8, 4) is 0 Å². The van der Waals surface area contributed by atoms with Crippen molar-refractivity contribution < 1.29 is 9.13 Å². The average Bonchev–Trinajstić information content (AvgIpc) is 3.16. The predicted octanol–water partition coefficient (Wildman–Crippen LogP) is 2.86. The van der Waals surface area contributed by atoms with Crippen molar-refractivity contribution in [2.75, 3.05) is 31.7 Å². The SMILES string of the molecule is CCn1c(=O)n(CCOC)c(=O)c2c1nc(N1CCCCC1)n2Cc1c(F)cccc1Cl. The first-order chi connectivity index (χ1) is 15.5. The third-order valence-electron chi connectivity index (χ3n) is 5.95. The summed E-state index contributed by atoms with van der Waals surface area (Å²) in [4.78, 5) is 33.4. The van der Waals surface area contributed by atoms with E-state index in [4.69, 9.17) is 21.3 Å². The van der Waals surface area contributed by atoms with E-state index in [2.05, 4.69) is 4.90 Å². The van der Waals surface area contributed by atoms with Crippen LogP contribution < -0.4 is 16.1 Å². The van der Waals surface area contributed by atoms with Gasteiger partial charge in [0.1, 0.15) is 5.82 Å². The summed E-state index contributed by atoms with van der Waals surface area (Å²) >= 11 is 6.32. The van der Waals surface area contributed by atoms with Crippen LogP contribution in [0.1, 0.15) is 31.7 Å². The normalized spacial score (nSPS) is 14.4. The monoisotopic (exact) mass is 463 g/mol. The summed E-state index contributed by atoms with van der Waals surface area (Å²) in [6.45, 7) is 4.12. The van der Waals surface area contributed by atoms with E-state index >= 15 is 0 Å². The lowest BCUT2D eigenvalue weighted by atomic mass is 10.1. The Labute approximate surface area is 189 Å². The number of nitrogens with zero attached hydrogens (tertiary/aromatic N) is 5. The maximum absolute atomic E-state index is 14.7. The Balaban J connectivity index is 2.01. The van der Waals surface area contributed by atoms with Crippen LogP contribution in [0.5, 0.6) is 0 Å². The molecule has 172 valence electrons. The Morgan fingerprint density at radius 2 is 1.88 bits per heavy atom. The largest absolute Gasteiger partial charge is 0.383 e. The van der Waals surface area contributed by atoms with E-state index in [9.17, 15) is 14.0 Å².